The van der Waals surface area contributed by atoms with Gasteiger partial charge in [0.25, 0.3) is 0 Å². The Morgan fingerprint density at radius 3 is 2.29 bits per heavy atom. The van der Waals surface area contributed by atoms with E-state index in [1.54, 1.807) is 0 Å². The molecule has 2 aliphatic rings. The number of hydrogen-bond acceptors (Lipinski definition) is 6. The lowest BCUT2D eigenvalue weighted by Gasteiger charge is -2.48. The Bertz CT molecular complexity index is 1100. The quantitative estimate of drug-likeness (QED) is 0.242. The third kappa shape index (κ3) is 5.28. The van der Waals surface area contributed by atoms with Gasteiger partial charge < -0.3 is 18.9 Å². The molecule has 8 heteroatoms. The number of benzene rings is 3. The number of azide groups is 1. The maximum absolute atomic E-state index is 9.40. The van der Waals surface area contributed by atoms with Gasteiger partial charge in [0.05, 0.1) is 19.3 Å². The third-order valence-corrected chi connectivity index (χ3v) is 7.01. The van der Waals surface area contributed by atoms with Gasteiger partial charge in [0.2, 0.25) is 0 Å². The van der Waals surface area contributed by atoms with E-state index in [0.29, 0.717) is 13.2 Å². The summed E-state index contributed by atoms with van der Waals surface area (Å²) in [5, 5.41) is 4.13. The molecule has 2 fully saturated rings. The van der Waals surface area contributed by atoms with Gasteiger partial charge in [-0.25, -0.2) is 0 Å². The largest absolute Gasteiger partial charge is 0.370 e. The second-order valence-electron chi connectivity index (χ2n) is 8.11. The summed E-state index contributed by atoms with van der Waals surface area (Å²) in [6.07, 6.45) is -1.86. The molecule has 0 amide bonds. The molecule has 3 aromatic carbocycles. The third-order valence-electron chi connectivity index (χ3n) is 5.84. The van der Waals surface area contributed by atoms with Gasteiger partial charge in [-0.05, 0) is 23.2 Å². The molecule has 3 aromatic rings. The normalized spacial score (nSPS) is 28.5. The van der Waals surface area contributed by atoms with Crippen molar-refractivity contribution in [2.45, 2.75) is 47.6 Å². The lowest BCUT2D eigenvalue weighted by Crippen LogP contribution is -2.61. The molecule has 6 atom stereocenters. The summed E-state index contributed by atoms with van der Waals surface area (Å²) in [7, 11) is 0. The van der Waals surface area contributed by atoms with Gasteiger partial charge in [-0.1, -0.05) is 95.7 Å². The Morgan fingerprint density at radius 1 is 0.912 bits per heavy atom. The molecule has 0 saturated carbocycles. The van der Waals surface area contributed by atoms with E-state index in [1.165, 1.54) is 11.8 Å². The van der Waals surface area contributed by atoms with E-state index in [-0.39, 0.29) is 6.10 Å². The first-order chi connectivity index (χ1) is 16.8. The minimum Gasteiger partial charge on any atom is -0.370 e. The zero-order valence-corrected chi connectivity index (χ0v) is 19.2. The molecule has 2 aliphatic heterocycles. The van der Waals surface area contributed by atoms with E-state index in [1.807, 2.05) is 91.0 Å². The summed E-state index contributed by atoms with van der Waals surface area (Å²) < 4.78 is 25.2. The summed E-state index contributed by atoms with van der Waals surface area (Å²) in [6.45, 7) is 0.722. The molecule has 0 aliphatic carbocycles. The SMILES string of the molecule is [N-]=[N+]=N[C@@H]1[C@@H](OCc2ccccc2)[C@@H]2O[C@H](c3ccccc3)OC[C@H]2O[C@H]1Sc1ccccc1. The van der Waals surface area contributed by atoms with E-state index < -0.39 is 30.0 Å². The summed E-state index contributed by atoms with van der Waals surface area (Å²) in [5.74, 6) is 0. The maximum atomic E-state index is 9.40. The van der Waals surface area contributed by atoms with Crippen molar-refractivity contribution in [3.8, 4) is 0 Å². The van der Waals surface area contributed by atoms with Crippen molar-refractivity contribution in [3.63, 3.8) is 0 Å². The highest BCUT2D eigenvalue weighted by molar-refractivity contribution is 7.99. The monoisotopic (exact) mass is 475 g/mol. The van der Waals surface area contributed by atoms with Gasteiger partial charge in [-0.2, -0.15) is 0 Å². The Morgan fingerprint density at radius 2 is 1.59 bits per heavy atom. The van der Waals surface area contributed by atoms with Crippen LogP contribution >= 0.6 is 11.8 Å². The zero-order valence-electron chi connectivity index (χ0n) is 18.4. The molecular formula is C26H25N3O4S. The van der Waals surface area contributed by atoms with E-state index >= 15 is 0 Å². The maximum Gasteiger partial charge on any atom is 0.184 e. The fraction of sp³-hybridized carbons (Fsp3) is 0.308. The van der Waals surface area contributed by atoms with Gasteiger partial charge in [0, 0.05) is 15.4 Å². The molecule has 0 unspecified atom stereocenters. The van der Waals surface area contributed by atoms with Crippen LogP contribution in [0, 0.1) is 0 Å². The summed E-state index contributed by atoms with van der Waals surface area (Å²) in [6, 6.07) is 29.0. The number of rotatable bonds is 7. The number of nitrogens with zero attached hydrogens (tertiary/aromatic N) is 3. The standard InChI is InChI=1S/C26H25N3O4S/c27-29-28-22-24(30-16-18-10-4-1-5-11-18)23-21(32-26(22)34-20-14-8-3-9-15-20)17-31-25(33-23)19-12-6-2-7-13-19/h1-15,21-26H,16-17H2/t21-,22-,23-,24-,25-,26+/m1/s1. The van der Waals surface area contributed by atoms with Gasteiger partial charge in [0.1, 0.15) is 23.7 Å². The molecule has 5 rings (SSSR count). The minimum absolute atomic E-state index is 0.351. The molecule has 0 bridgehead atoms. The summed E-state index contributed by atoms with van der Waals surface area (Å²) in [5.41, 5.74) is 10.9. The van der Waals surface area contributed by atoms with Crippen LogP contribution in [0.3, 0.4) is 0 Å². The molecule has 0 N–H and O–H groups in total. The summed E-state index contributed by atoms with van der Waals surface area (Å²) in [4.78, 5) is 4.16. The first-order valence-corrected chi connectivity index (χ1v) is 12.1. The lowest BCUT2D eigenvalue weighted by molar-refractivity contribution is -0.311. The highest BCUT2D eigenvalue weighted by atomic mass is 32.2. The lowest BCUT2D eigenvalue weighted by atomic mass is 9.97. The van der Waals surface area contributed by atoms with Crippen LogP contribution in [0.5, 0.6) is 0 Å². The molecule has 0 radical (unpaired) electrons. The van der Waals surface area contributed by atoms with E-state index in [2.05, 4.69) is 10.0 Å². The van der Waals surface area contributed by atoms with Crippen LogP contribution in [-0.4, -0.2) is 36.4 Å². The average Bonchev–Trinajstić information content (AvgIpc) is 2.90. The van der Waals surface area contributed by atoms with E-state index in [9.17, 15) is 5.53 Å². The molecule has 0 aromatic heterocycles. The van der Waals surface area contributed by atoms with Crippen LogP contribution in [0.25, 0.3) is 10.4 Å². The van der Waals surface area contributed by atoms with Crippen LogP contribution < -0.4 is 0 Å². The van der Waals surface area contributed by atoms with Gasteiger partial charge in [-0.15, -0.1) is 0 Å². The number of ether oxygens (including phenoxy) is 4. The van der Waals surface area contributed by atoms with Crippen molar-refractivity contribution < 1.29 is 18.9 Å². The fourth-order valence-electron chi connectivity index (χ4n) is 4.21. The smallest absolute Gasteiger partial charge is 0.184 e. The average molecular weight is 476 g/mol. The first kappa shape index (κ1) is 22.9. The van der Waals surface area contributed by atoms with Crippen molar-refractivity contribution >= 4 is 11.8 Å². The van der Waals surface area contributed by atoms with Crippen LogP contribution in [-0.2, 0) is 25.6 Å². The van der Waals surface area contributed by atoms with E-state index in [0.717, 1.165) is 16.0 Å². The molecule has 7 nitrogen and oxygen atoms in total. The van der Waals surface area contributed by atoms with Crippen molar-refractivity contribution in [2.75, 3.05) is 6.61 Å². The number of fused-ring (bicyclic) bond motifs is 1. The van der Waals surface area contributed by atoms with Crippen LogP contribution in [0.2, 0.25) is 0 Å². The molecule has 2 heterocycles. The van der Waals surface area contributed by atoms with Crippen LogP contribution in [0.15, 0.2) is 101 Å². The first-order valence-electron chi connectivity index (χ1n) is 11.2. The number of hydrogen-bond donors (Lipinski definition) is 0. The second-order valence-corrected chi connectivity index (χ2v) is 9.28. The topological polar surface area (TPSA) is 85.7 Å². The molecular weight excluding hydrogens is 450 g/mol. The van der Waals surface area contributed by atoms with E-state index in [4.69, 9.17) is 18.9 Å². The highest BCUT2D eigenvalue weighted by Crippen LogP contribution is 2.41. The zero-order chi connectivity index (χ0) is 23.2. The van der Waals surface area contributed by atoms with Crippen LogP contribution in [0.4, 0.5) is 0 Å². The van der Waals surface area contributed by atoms with Crippen LogP contribution in [0.1, 0.15) is 17.4 Å². The summed E-state index contributed by atoms with van der Waals surface area (Å²) >= 11 is 1.51. The van der Waals surface area contributed by atoms with Crippen molar-refractivity contribution in [1.29, 1.82) is 0 Å². The van der Waals surface area contributed by atoms with Gasteiger partial charge in [-0.3, -0.25) is 0 Å². The Kier molecular flexibility index (Phi) is 7.46. The predicted molar refractivity (Wildman–Crippen MR) is 129 cm³/mol. The number of thioether (sulfide) groups is 1. The minimum atomic E-state index is -0.588. The van der Waals surface area contributed by atoms with Crippen molar-refractivity contribution in [1.82, 2.24) is 0 Å². The second kappa shape index (κ2) is 11.1. The molecule has 2 saturated heterocycles. The Hall–Kier alpha value is -2.84. The molecule has 174 valence electrons. The fourth-order valence-corrected chi connectivity index (χ4v) is 5.34. The molecule has 0 spiro atoms. The van der Waals surface area contributed by atoms with Gasteiger partial charge >= 0.3 is 0 Å². The molecule has 34 heavy (non-hydrogen) atoms. The Labute approximate surface area is 202 Å². The van der Waals surface area contributed by atoms with Gasteiger partial charge in [0.15, 0.2) is 6.29 Å². The van der Waals surface area contributed by atoms with Crippen molar-refractivity contribution in [2.24, 2.45) is 5.11 Å². The Balaban J connectivity index is 1.43. The van der Waals surface area contributed by atoms with Crippen molar-refractivity contribution in [3.05, 3.63) is 113 Å². The predicted octanol–water partition coefficient (Wildman–Crippen LogP) is 5.88. The highest BCUT2D eigenvalue weighted by Gasteiger charge is 2.50.